The van der Waals surface area contributed by atoms with Gasteiger partial charge in [-0.1, -0.05) is 0 Å². The molecule has 0 aliphatic carbocycles. The second-order valence-corrected chi connectivity index (χ2v) is 5.74. The number of anilines is 1. The smallest absolute Gasteiger partial charge is 0.225 e. The Hall–Kier alpha value is -1.24. The molecule has 0 saturated heterocycles. The van der Waals surface area contributed by atoms with E-state index in [-0.39, 0.29) is 5.91 Å². The van der Waals surface area contributed by atoms with Gasteiger partial charge in [-0.3, -0.25) is 9.69 Å². The molecule has 6 heteroatoms. The van der Waals surface area contributed by atoms with Gasteiger partial charge in [0.25, 0.3) is 0 Å². The zero-order valence-electron chi connectivity index (χ0n) is 11.0. The zero-order chi connectivity index (χ0) is 13.7. The first-order valence-electron chi connectivity index (χ1n) is 6.15. The zero-order valence-corrected chi connectivity index (χ0v) is 12.7. The van der Waals surface area contributed by atoms with E-state index in [1.165, 1.54) is 16.9 Å². The van der Waals surface area contributed by atoms with Crippen molar-refractivity contribution in [3.63, 3.8) is 0 Å². The van der Waals surface area contributed by atoms with Gasteiger partial charge in [0.2, 0.25) is 5.91 Å². The first kappa shape index (κ1) is 14.2. The summed E-state index contributed by atoms with van der Waals surface area (Å²) in [5.41, 5.74) is 2.27. The van der Waals surface area contributed by atoms with Crippen LogP contribution in [0.5, 0.6) is 0 Å². The predicted molar refractivity (Wildman–Crippen MR) is 80.7 cm³/mol. The lowest BCUT2D eigenvalue weighted by Crippen LogP contribution is -2.27. The molecule has 0 aliphatic heterocycles. The van der Waals surface area contributed by atoms with Crippen molar-refractivity contribution in [3.05, 3.63) is 33.5 Å². The topological polar surface area (TPSA) is 45.2 Å². The number of thiazole rings is 1. The molecule has 0 bridgehead atoms. The summed E-state index contributed by atoms with van der Waals surface area (Å²) >= 11 is 3.22. The Morgan fingerprint density at radius 2 is 2.26 bits per heavy atom. The molecule has 0 saturated carbocycles. The quantitative estimate of drug-likeness (QED) is 0.891. The lowest BCUT2D eigenvalue weighted by atomic mass is 10.3. The summed E-state index contributed by atoms with van der Waals surface area (Å²) in [5, 5.41) is 10.3. The normalized spacial score (nSPS) is 10.6. The van der Waals surface area contributed by atoms with Crippen molar-refractivity contribution in [3.8, 4) is 0 Å². The summed E-state index contributed by atoms with van der Waals surface area (Å²) in [4.78, 5) is 17.6. The van der Waals surface area contributed by atoms with Crippen LogP contribution in [-0.2, 0) is 17.9 Å². The second-order valence-electron chi connectivity index (χ2n) is 4.12. The molecule has 0 atom stereocenters. The Morgan fingerprint density at radius 1 is 1.42 bits per heavy atom. The molecule has 0 unspecified atom stereocenters. The molecule has 2 heterocycles. The summed E-state index contributed by atoms with van der Waals surface area (Å²) in [6.45, 7) is 5.75. The molecule has 0 radical (unpaired) electrons. The number of thiophene rings is 1. The van der Waals surface area contributed by atoms with Gasteiger partial charge in [0.05, 0.1) is 5.69 Å². The van der Waals surface area contributed by atoms with Crippen molar-refractivity contribution in [2.45, 2.75) is 26.9 Å². The van der Waals surface area contributed by atoms with Crippen molar-refractivity contribution < 1.29 is 4.79 Å². The summed E-state index contributed by atoms with van der Waals surface area (Å²) in [5.74, 6) is 0.0367. The fourth-order valence-corrected chi connectivity index (χ4v) is 3.32. The minimum atomic E-state index is 0.0367. The highest BCUT2D eigenvalue weighted by Crippen LogP contribution is 2.20. The Balaban J connectivity index is 1.88. The van der Waals surface area contributed by atoms with Gasteiger partial charge < -0.3 is 5.32 Å². The van der Waals surface area contributed by atoms with Crippen LogP contribution in [0.25, 0.3) is 0 Å². The molecule has 4 nitrogen and oxygen atoms in total. The predicted octanol–water partition coefficient (Wildman–Crippen LogP) is 2.87. The molecule has 0 fully saturated rings. The molecule has 0 aliphatic rings. The molecule has 2 rings (SSSR count). The molecule has 102 valence electrons. The lowest BCUT2D eigenvalue weighted by Gasteiger charge is -2.14. The van der Waals surface area contributed by atoms with Crippen LogP contribution >= 0.6 is 22.7 Å². The van der Waals surface area contributed by atoms with Crippen molar-refractivity contribution in [2.24, 2.45) is 0 Å². The average Bonchev–Trinajstić information content (AvgIpc) is 3.02. The highest BCUT2D eigenvalue weighted by Gasteiger charge is 2.12. The third-order valence-corrected chi connectivity index (χ3v) is 4.33. The minimum absolute atomic E-state index is 0.0367. The van der Waals surface area contributed by atoms with E-state index in [2.05, 4.69) is 27.1 Å². The number of amides is 1. The maximum atomic E-state index is 11.4. The van der Waals surface area contributed by atoms with Crippen LogP contribution < -0.4 is 10.2 Å². The first-order chi connectivity index (χ1) is 9.20. The van der Waals surface area contributed by atoms with Crippen LogP contribution in [0, 0.1) is 0 Å². The summed E-state index contributed by atoms with van der Waals surface area (Å²) in [6.07, 6.45) is 0. The number of hydrogen-bond donors (Lipinski definition) is 1. The number of aromatic nitrogens is 1. The second kappa shape index (κ2) is 6.79. The van der Waals surface area contributed by atoms with E-state index in [1.807, 2.05) is 12.3 Å². The van der Waals surface area contributed by atoms with Crippen LogP contribution in [0.15, 0.2) is 22.2 Å². The minimum Gasteiger partial charge on any atom is -0.307 e. The van der Waals surface area contributed by atoms with Gasteiger partial charge in [-0.25, -0.2) is 4.98 Å². The van der Waals surface area contributed by atoms with Gasteiger partial charge in [-0.05, 0) is 29.3 Å². The van der Waals surface area contributed by atoms with Gasteiger partial charge >= 0.3 is 0 Å². The SMILES string of the molecule is CCN(C(C)=O)c1nc(CNCc2ccsc2)cs1. The van der Waals surface area contributed by atoms with Crippen molar-refractivity contribution in [1.82, 2.24) is 10.3 Å². The molecule has 19 heavy (non-hydrogen) atoms. The van der Waals surface area contributed by atoms with E-state index >= 15 is 0 Å². The fourth-order valence-electron chi connectivity index (χ4n) is 1.72. The van der Waals surface area contributed by atoms with E-state index in [0.29, 0.717) is 6.54 Å². The molecule has 0 spiro atoms. The van der Waals surface area contributed by atoms with Crippen molar-refractivity contribution >= 4 is 33.7 Å². The van der Waals surface area contributed by atoms with Crippen LogP contribution in [0.3, 0.4) is 0 Å². The number of nitrogens with zero attached hydrogens (tertiary/aromatic N) is 2. The van der Waals surface area contributed by atoms with Crippen LogP contribution in [0.1, 0.15) is 25.1 Å². The van der Waals surface area contributed by atoms with E-state index in [1.54, 1.807) is 23.2 Å². The molecular formula is C13H17N3OS2. The molecule has 1 N–H and O–H groups in total. The Bertz CT molecular complexity index is 522. The van der Waals surface area contributed by atoms with E-state index in [0.717, 1.165) is 23.9 Å². The van der Waals surface area contributed by atoms with Gasteiger partial charge in [-0.2, -0.15) is 11.3 Å². The first-order valence-corrected chi connectivity index (χ1v) is 7.97. The highest BCUT2D eigenvalue weighted by molar-refractivity contribution is 7.14. The van der Waals surface area contributed by atoms with Crippen LogP contribution in [0.2, 0.25) is 0 Å². The largest absolute Gasteiger partial charge is 0.307 e. The third-order valence-electron chi connectivity index (χ3n) is 2.68. The summed E-state index contributed by atoms with van der Waals surface area (Å²) in [6, 6.07) is 2.11. The van der Waals surface area contributed by atoms with Crippen molar-refractivity contribution in [2.75, 3.05) is 11.4 Å². The van der Waals surface area contributed by atoms with Crippen LogP contribution in [0.4, 0.5) is 5.13 Å². The van der Waals surface area contributed by atoms with E-state index in [4.69, 9.17) is 0 Å². The Morgan fingerprint density at radius 3 is 2.89 bits per heavy atom. The monoisotopic (exact) mass is 295 g/mol. The molecule has 1 amide bonds. The number of carbonyl (C=O) groups excluding carboxylic acids is 1. The van der Waals surface area contributed by atoms with Gasteiger partial charge in [0.15, 0.2) is 5.13 Å². The third kappa shape index (κ3) is 3.86. The maximum absolute atomic E-state index is 11.4. The Kier molecular flexibility index (Phi) is 5.07. The molecule has 2 aromatic rings. The van der Waals surface area contributed by atoms with Gasteiger partial charge in [-0.15, -0.1) is 11.3 Å². The fraction of sp³-hybridized carbons (Fsp3) is 0.385. The standard InChI is InChI=1S/C13H17N3OS2/c1-3-16(10(2)17)13-15-12(9-19-13)7-14-6-11-4-5-18-8-11/h4-5,8-9,14H,3,6-7H2,1-2H3. The number of carbonyl (C=O) groups is 1. The average molecular weight is 295 g/mol. The van der Waals surface area contributed by atoms with Gasteiger partial charge in [0, 0.05) is 31.9 Å². The molecule has 0 aromatic carbocycles. The Labute approximate surface area is 121 Å². The summed E-state index contributed by atoms with van der Waals surface area (Å²) < 4.78 is 0. The number of hydrogen-bond acceptors (Lipinski definition) is 5. The lowest BCUT2D eigenvalue weighted by molar-refractivity contribution is -0.116. The van der Waals surface area contributed by atoms with Crippen LogP contribution in [-0.4, -0.2) is 17.4 Å². The number of rotatable bonds is 6. The highest BCUT2D eigenvalue weighted by atomic mass is 32.1. The van der Waals surface area contributed by atoms with Crippen molar-refractivity contribution in [1.29, 1.82) is 0 Å². The maximum Gasteiger partial charge on any atom is 0.225 e. The van der Waals surface area contributed by atoms with E-state index < -0.39 is 0 Å². The number of nitrogens with one attached hydrogen (secondary N) is 1. The molecular weight excluding hydrogens is 278 g/mol. The van der Waals surface area contributed by atoms with E-state index in [9.17, 15) is 4.79 Å². The van der Waals surface area contributed by atoms with Gasteiger partial charge in [0.1, 0.15) is 0 Å². The molecule has 2 aromatic heterocycles. The summed E-state index contributed by atoms with van der Waals surface area (Å²) in [7, 11) is 0.